The summed E-state index contributed by atoms with van der Waals surface area (Å²) in [5.41, 5.74) is 0. The molecule has 53 heavy (non-hydrogen) atoms. The molecule has 0 heterocycles. The molecular formula is C47H89NO5. The molecule has 0 radical (unpaired) electrons. The Balaban J connectivity index is 3.78. The second-order valence-corrected chi connectivity index (χ2v) is 15.7. The number of hydrogen-bond donors (Lipinski definition) is 5. The third kappa shape index (κ3) is 36.0. The van der Waals surface area contributed by atoms with Crippen molar-refractivity contribution in [3.8, 4) is 0 Å². The molecule has 0 aromatic heterocycles. The van der Waals surface area contributed by atoms with Gasteiger partial charge in [-0.05, 0) is 64.2 Å². The molecule has 0 aliphatic rings. The Kier molecular flexibility index (Phi) is 40.5. The Morgan fingerprint density at radius 1 is 0.453 bits per heavy atom. The summed E-state index contributed by atoms with van der Waals surface area (Å²) in [6.45, 7) is 4.03. The van der Waals surface area contributed by atoms with E-state index in [1.165, 1.54) is 141 Å². The highest BCUT2D eigenvalue weighted by atomic mass is 16.3. The van der Waals surface area contributed by atoms with E-state index in [1.54, 1.807) is 0 Å². The fourth-order valence-electron chi connectivity index (χ4n) is 6.91. The van der Waals surface area contributed by atoms with Crippen LogP contribution in [0.15, 0.2) is 36.5 Å². The van der Waals surface area contributed by atoms with Crippen LogP contribution in [0.4, 0.5) is 0 Å². The van der Waals surface area contributed by atoms with Gasteiger partial charge < -0.3 is 25.7 Å². The average Bonchev–Trinajstić information content (AvgIpc) is 3.16. The van der Waals surface area contributed by atoms with E-state index in [0.29, 0.717) is 19.3 Å². The van der Waals surface area contributed by atoms with Gasteiger partial charge >= 0.3 is 0 Å². The lowest BCUT2D eigenvalue weighted by molar-refractivity contribution is -0.132. The molecule has 0 aromatic carbocycles. The molecule has 4 unspecified atom stereocenters. The Hall–Kier alpha value is -1.47. The molecule has 0 aliphatic heterocycles. The quantitative estimate of drug-likeness (QED) is 0.0316. The van der Waals surface area contributed by atoms with Crippen LogP contribution in [-0.4, -0.2) is 57.3 Å². The Labute approximate surface area is 328 Å². The molecule has 5 N–H and O–H groups in total. The van der Waals surface area contributed by atoms with Gasteiger partial charge in [0.2, 0.25) is 5.91 Å². The molecule has 6 nitrogen and oxygen atoms in total. The van der Waals surface area contributed by atoms with Gasteiger partial charge in [-0.25, -0.2) is 0 Å². The van der Waals surface area contributed by atoms with Crippen molar-refractivity contribution in [1.29, 1.82) is 0 Å². The van der Waals surface area contributed by atoms with Crippen LogP contribution in [0.5, 0.6) is 0 Å². The number of nitrogens with one attached hydrogen (secondary N) is 1. The van der Waals surface area contributed by atoms with E-state index in [2.05, 4.69) is 55.6 Å². The summed E-state index contributed by atoms with van der Waals surface area (Å²) in [7, 11) is 0. The summed E-state index contributed by atoms with van der Waals surface area (Å²) in [6, 6.07) is -1.01. The van der Waals surface area contributed by atoms with Gasteiger partial charge in [-0.15, -0.1) is 0 Å². The molecule has 4 atom stereocenters. The summed E-state index contributed by atoms with van der Waals surface area (Å²) < 4.78 is 0. The number of carbonyl (C=O) groups is 1. The van der Waals surface area contributed by atoms with Crippen molar-refractivity contribution in [3.63, 3.8) is 0 Å². The van der Waals surface area contributed by atoms with Gasteiger partial charge in [-0.2, -0.15) is 0 Å². The molecule has 0 bridgehead atoms. The minimum absolute atomic E-state index is 0.360. The maximum Gasteiger partial charge on any atom is 0.249 e. The van der Waals surface area contributed by atoms with Crippen molar-refractivity contribution in [2.24, 2.45) is 0 Å². The van der Waals surface area contributed by atoms with Crippen LogP contribution in [0.1, 0.15) is 226 Å². The summed E-state index contributed by atoms with van der Waals surface area (Å²) in [5.74, 6) is -0.600. The van der Waals surface area contributed by atoms with E-state index < -0.39 is 36.9 Å². The first-order valence-corrected chi connectivity index (χ1v) is 22.9. The zero-order valence-electron chi connectivity index (χ0n) is 35.0. The molecule has 0 aliphatic carbocycles. The number of allylic oxidation sites excluding steroid dienone is 6. The lowest BCUT2D eigenvalue weighted by Gasteiger charge is -2.27. The first-order valence-electron chi connectivity index (χ1n) is 22.9. The average molecular weight is 748 g/mol. The fourth-order valence-corrected chi connectivity index (χ4v) is 6.91. The van der Waals surface area contributed by atoms with E-state index in [9.17, 15) is 25.2 Å². The van der Waals surface area contributed by atoms with Crippen LogP contribution in [-0.2, 0) is 4.79 Å². The van der Waals surface area contributed by atoms with Crippen molar-refractivity contribution in [1.82, 2.24) is 5.32 Å². The number of aliphatic hydroxyl groups excluding tert-OH is 4. The number of carbonyl (C=O) groups excluding carboxylic acids is 1. The van der Waals surface area contributed by atoms with Gasteiger partial charge in [0.05, 0.1) is 18.8 Å². The number of hydrogen-bond acceptors (Lipinski definition) is 5. The second kappa shape index (κ2) is 41.7. The van der Waals surface area contributed by atoms with Crippen LogP contribution < -0.4 is 5.32 Å². The minimum atomic E-state index is -1.29. The van der Waals surface area contributed by atoms with Gasteiger partial charge in [-0.1, -0.05) is 198 Å². The van der Waals surface area contributed by atoms with Crippen molar-refractivity contribution < 1.29 is 25.2 Å². The van der Waals surface area contributed by atoms with Crippen LogP contribution >= 0.6 is 0 Å². The molecule has 0 rings (SSSR count). The Morgan fingerprint density at radius 3 is 1.19 bits per heavy atom. The van der Waals surface area contributed by atoms with Crippen LogP contribution in [0.3, 0.4) is 0 Å². The van der Waals surface area contributed by atoms with Gasteiger partial charge in [-0.3, -0.25) is 4.79 Å². The van der Waals surface area contributed by atoms with Crippen LogP contribution in [0, 0.1) is 0 Å². The van der Waals surface area contributed by atoms with E-state index in [-0.39, 0.29) is 0 Å². The maximum atomic E-state index is 12.5. The second-order valence-electron chi connectivity index (χ2n) is 15.7. The lowest BCUT2D eigenvalue weighted by atomic mass is 10.00. The van der Waals surface area contributed by atoms with E-state index in [0.717, 1.165) is 51.4 Å². The van der Waals surface area contributed by atoms with Crippen molar-refractivity contribution in [2.45, 2.75) is 250 Å². The summed E-state index contributed by atoms with van der Waals surface area (Å²) in [5, 5.41) is 43.6. The van der Waals surface area contributed by atoms with Gasteiger partial charge in [0.1, 0.15) is 12.2 Å². The molecule has 0 saturated heterocycles. The normalized spacial score (nSPS) is 14.5. The molecule has 0 spiro atoms. The number of amides is 1. The van der Waals surface area contributed by atoms with Crippen LogP contribution in [0.25, 0.3) is 0 Å². The Bertz CT molecular complexity index is 843. The zero-order valence-corrected chi connectivity index (χ0v) is 35.0. The third-order valence-electron chi connectivity index (χ3n) is 10.6. The summed E-state index contributed by atoms with van der Waals surface area (Å²) >= 11 is 0. The molecule has 312 valence electrons. The third-order valence-corrected chi connectivity index (χ3v) is 10.6. The highest BCUT2D eigenvalue weighted by Crippen LogP contribution is 2.15. The monoisotopic (exact) mass is 748 g/mol. The first-order chi connectivity index (χ1) is 26.0. The molecular weight excluding hydrogens is 659 g/mol. The largest absolute Gasteiger partial charge is 0.394 e. The number of unbranched alkanes of at least 4 members (excludes halogenated alkanes) is 26. The minimum Gasteiger partial charge on any atom is -0.394 e. The molecule has 1 amide bonds. The standard InChI is InChI=1S/C47H89NO5/c1-3-5-7-9-11-13-15-17-18-19-20-21-22-23-24-25-26-27-28-29-31-32-34-36-38-40-44(50)46(52)43(42-49)48-47(53)45(51)41-39-37-35-33-30-16-14-12-10-8-6-4-2/h23-24,27-28,32,34,43-46,49-52H,3-22,25-26,29-31,33,35-42H2,1-2H3,(H,48,53)/b24-23+,28-27+,34-32+. The molecule has 0 aromatic rings. The SMILES string of the molecule is CCCCCCCCCCCCCC/C=C/CC/C=C/CC/C=C/CCCC(O)C(O)C(CO)NC(=O)C(O)CCCCCCCCCCCCCC. The Morgan fingerprint density at radius 2 is 0.792 bits per heavy atom. The smallest absolute Gasteiger partial charge is 0.249 e. The first kappa shape index (κ1) is 51.5. The molecule has 0 saturated carbocycles. The van der Waals surface area contributed by atoms with Crippen molar-refractivity contribution >= 4 is 5.91 Å². The van der Waals surface area contributed by atoms with E-state index in [1.807, 2.05) is 0 Å². The zero-order chi connectivity index (χ0) is 38.9. The summed E-state index contributed by atoms with van der Waals surface area (Å²) in [6.07, 6.45) is 49.0. The highest BCUT2D eigenvalue weighted by molar-refractivity contribution is 5.80. The van der Waals surface area contributed by atoms with Crippen LogP contribution in [0.2, 0.25) is 0 Å². The molecule has 0 fully saturated rings. The fraction of sp³-hybridized carbons (Fsp3) is 0.851. The van der Waals surface area contributed by atoms with E-state index in [4.69, 9.17) is 0 Å². The van der Waals surface area contributed by atoms with Crippen molar-refractivity contribution in [3.05, 3.63) is 36.5 Å². The topological polar surface area (TPSA) is 110 Å². The van der Waals surface area contributed by atoms with Gasteiger partial charge in [0, 0.05) is 0 Å². The van der Waals surface area contributed by atoms with Crippen molar-refractivity contribution in [2.75, 3.05) is 6.61 Å². The predicted molar refractivity (Wildman–Crippen MR) is 228 cm³/mol. The molecule has 6 heteroatoms. The summed E-state index contributed by atoms with van der Waals surface area (Å²) in [4.78, 5) is 12.5. The lowest BCUT2D eigenvalue weighted by Crippen LogP contribution is -2.53. The number of rotatable bonds is 41. The number of aliphatic hydroxyl groups is 4. The maximum absolute atomic E-state index is 12.5. The van der Waals surface area contributed by atoms with Gasteiger partial charge in [0.25, 0.3) is 0 Å². The van der Waals surface area contributed by atoms with Gasteiger partial charge in [0.15, 0.2) is 0 Å². The van der Waals surface area contributed by atoms with E-state index >= 15 is 0 Å². The predicted octanol–water partition coefficient (Wildman–Crippen LogP) is 12.1. The highest BCUT2D eigenvalue weighted by Gasteiger charge is 2.28.